The van der Waals surface area contributed by atoms with Crippen LogP contribution >= 0.6 is 0 Å². The molecule has 54 heavy (non-hydrogen) atoms. The summed E-state index contributed by atoms with van der Waals surface area (Å²) in [7, 11) is 3.52. The topological polar surface area (TPSA) is 176 Å². The zero-order chi connectivity index (χ0) is 37.8. The summed E-state index contributed by atoms with van der Waals surface area (Å²) in [5, 5.41) is 17.9. The standard InChI is InChI=1S/C25H34N4O2.C15H14N6O2/c1-27-17-21(19-10-13-28(14-11-19)16-18-6-3-2-4-7-18)20-8-5-9-22(24(20)27)29-15-12-23(30)26-25(29)31;1-23-12-6-11(17)9(7-16)5-10(12)15(22)20-14-8-18-13-3-2-4-19-21(13)14/h5,8-9,17-19H,2-4,6-7,10-16H2,1H3,(H,26,30,31);2-8,16H,17H2,1H3,(H,20,22). The molecule has 0 bridgehead atoms. The van der Waals surface area contributed by atoms with Crippen LogP contribution in [0.25, 0.3) is 16.6 Å². The molecule has 14 heteroatoms. The first-order valence-electron chi connectivity index (χ1n) is 18.7. The minimum absolute atomic E-state index is 0.194. The van der Waals surface area contributed by atoms with Crippen molar-refractivity contribution in [2.45, 2.75) is 57.3 Å². The molecule has 2 saturated heterocycles. The lowest BCUT2D eigenvalue weighted by Crippen LogP contribution is -2.49. The van der Waals surface area contributed by atoms with Crippen molar-refractivity contribution in [3.63, 3.8) is 0 Å². The number of rotatable bonds is 8. The fourth-order valence-corrected chi connectivity index (χ4v) is 8.16. The number of nitrogens with two attached hydrogens (primary N) is 1. The van der Waals surface area contributed by atoms with Crippen LogP contribution in [0, 0.1) is 11.3 Å². The maximum Gasteiger partial charge on any atom is 0.328 e. The maximum absolute atomic E-state index is 12.5. The van der Waals surface area contributed by atoms with Crippen molar-refractivity contribution >= 4 is 57.8 Å². The molecule has 0 unspecified atom stereocenters. The predicted molar refractivity (Wildman–Crippen MR) is 210 cm³/mol. The van der Waals surface area contributed by atoms with Crippen LogP contribution in [0.3, 0.4) is 0 Å². The van der Waals surface area contributed by atoms with E-state index in [-0.39, 0.29) is 17.5 Å². The number of para-hydroxylation sites is 1. The Kier molecular flexibility index (Phi) is 10.9. The van der Waals surface area contributed by atoms with Gasteiger partial charge in [-0.15, -0.1) is 0 Å². The molecule has 3 aliphatic rings. The lowest BCUT2D eigenvalue weighted by molar-refractivity contribution is -0.120. The van der Waals surface area contributed by atoms with E-state index in [2.05, 4.69) is 49.5 Å². The van der Waals surface area contributed by atoms with E-state index in [1.165, 1.54) is 105 Å². The van der Waals surface area contributed by atoms with Crippen molar-refractivity contribution in [2.75, 3.05) is 49.2 Å². The molecule has 5 heterocycles. The molecule has 14 nitrogen and oxygen atoms in total. The Bertz CT molecular complexity index is 2180. The Balaban J connectivity index is 0.000000175. The number of urea groups is 1. The van der Waals surface area contributed by atoms with Crippen LogP contribution in [0.1, 0.15) is 78.8 Å². The SMILES string of the molecule is COc1cc(N)c(C=N)cc1C(=O)Nc1cnc2cccnn12.Cn1cc(C2CCN(CC3CCCCC3)CC2)c2cccc(N3CCC(=O)NC3=O)c21. The van der Waals surface area contributed by atoms with E-state index in [0.717, 1.165) is 23.3 Å². The van der Waals surface area contributed by atoms with Gasteiger partial charge in [-0.05, 0) is 80.4 Å². The second kappa shape index (κ2) is 16.1. The van der Waals surface area contributed by atoms with Crippen molar-refractivity contribution in [1.29, 1.82) is 5.41 Å². The molecule has 2 aliphatic heterocycles. The molecule has 5 aromatic rings. The second-order valence-corrected chi connectivity index (χ2v) is 14.4. The van der Waals surface area contributed by atoms with E-state index in [1.807, 2.05) is 12.1 Å². The number of aromatic nitrogens is 4. The number of carbonyl (C=O) groups excluding carboxylic acids is 3. The summed E-state index contributed by atoms with van der Waals surface area (Å²) in [6.45, 7) is 4.10. The monoisotopic (exact) mass is 732 g/mol. The molecule has 0 radical (unpaired) electrons. The van der Waals surface area contributed by atoms with Gasteiger partial charge in [0, 0.05) is 67.9 Å². The molecule has 5 N–H and O–H groups in total. The van der Waals surface area contributed by atoms with Crippen LogP contribution < -0.4 is 26.0 Å². The Morgan fingerprint density at radius 1 is 1.07 bits per heavy atom. The highest BCUT2D eigenvalue weighted by atomic mass is 16.5. The molecule has 8 rings (SSSR count). The van der Waals surface area contributed by atoms with Gasteiger partial charge in [-0.3, -0.25) is 19.8 Å². The van der Waals surface area contributed by atoms with Crippen LogP contribution in [-0.4, -0.2) is 81.4 Å². The van der Waals surface area contributed by atoms with Crippen LogP contribution in [0.2, 0.25) is 0 Å². The van der Waals surface area contributed by atoms with Gasteiger partial charge in [0.05, 0.1) is 30.1 Å². The van der Waals surface area contributed by atoms with Gasteiger partial charge in [-0.25, -0.2) is 9.78 Å². The summed E-state index contributed by atoms with van der Waals surface area (Å²) >= 11 is 0. The van der Waals surface area contributed by atoms with Crippen molar-refractivity contribution < 1.29 is 19.1 Å². The van der Waals surface area contributed by atoms with Gasteiger partial charge in [0.1, 0.15) is 5.75 Å². The number of methoxy groups -OCH3 is 1. The highest BCUT2D eigenvalue weighted by Crippen LogP contribution is 2.38. The third-order valence-corrected chi connectivity index (χ3v) is 10.9. The Labute approximate surface area is 314 Å². The molecule has 4 amide bonds. The molecule has 3 aromatic heterocycles. The summed E-state index contributed by atoms with van der Waals surface area (Å²) in [6, 6.07) is 12.5. The first-order chi connectivity index (χ1) is 26.2. The number of hydrogen-bond acceptors (Lipinski definition) is 9. The fourth-order valence-electron chi connectivity index (χ4n) is 8.16. The first kappa shape index (κ1) is 36.6. The number of benzene rings is 2. The van der Waals surface area contributed by atoms with Gasteiger partial charge in [0.15, 0.2) is 11.5 Å². The molecule has 1 saturated carbocycles. The van der Waals surface area contributed by atoms with Gasteiger partial charge in [-0.2, -0.15) is 9.61 Å². The zero-order valence-electron chi connectivity index (χ0n) is 30.9. The number of nitrogens with zero attached hydrogens (tertiary/aromatic N) is 6. The van der Waals surface area contributed by atoms with E-state index >= 15 is 0 Å². The smallest absolute Gasteiger partial charge is 0.328 e. The van der Waals surface area contributed by atoms with E-state index < -0.39 is 5.91 Å². The van der Waals surface area contributed by atoms with Crippen molar-refractivity contribution in [3.8, 4) is 5.75 Å². The molecule has 282 valence electrons. The van der Waals surface area contributed by atoms with Crippen LogP contribution in [0.15, 0.2) is 61.1 Å². The number of imidazole rings is 1. The number of imide groups is 1. The summed E-state index contributed by atoms with van der Waals surface area (Å²) in [5.41, 5.74) is 10.9. The molecular weight excluding hydrogens is 685 g/mol. The quantitative estimate of drug-likeness (QED) is 0.112. The normalized spacial score (nSPS) is 17.3. The summed E-state index contributed by atoms with van der Waals surface area (Å²) < 4.78 is 8.88. The third kappa shape index (κ3) is 7.65. The molecule has 0 atom stereocenters. The Hall–Kier alpha value is -5.76. The largest absolute Gasteiger partial charge is 0.496 e. The van der Waals surface area contributed by atoms with E-state index in [4.69, 9.17) is 15.9 Å². The number of nitrogen functional groups attached to an aromatic ring is 1. The summed E-state index contributed by atoms with van der Waals surface area (Å²) in [5.74, 6) is 1.64. The number of piperidine rings is 1. The third-order valence-electron chi connectivity index (χ3n) is 10.9. The molecule has 3 fully saturated rings. The van der Waals surface area contributed by atoms with Crippen LogP contribution in [0.5, 0.6) is 5.75 Å². The second-order valence-electron chi connectivity index (χ2n) is 14.4. The average Bonchev–Trinajstić information content (AvgIpc) is 3.76. The molecular formula is C40H48N10O4. The average molecular weight is 733 g/mol. The molecule has 2 aromatic carbocycles. The number of nitrogens with one attached hydrogen (secondary N) is 3. The van der Waals surface area contributed by atoms with E-state index in [0.29, 0.717) is 47.3 Å². The van der Waals surface area contributed by atoms with E-state index in [1.54, 1.807) is 23.2 Å². The van der Waals surface area contributed by atoms with Crippen molar-refractivity contribution in [1.82, 2.24) is 29.4 Å². The first-order valence-corrected chi connectivity index (χ1v) is 18.7. The lowest BCUT2D eigenvalue weighted by Gasteiger charge is -2.35. The number of ether oxygens (including phenoxy) is 1. The lowest BCUT2D eigenvalue weighted by atomic mass is 9.86. The minimum Gasteiger partial charge on any atom is -0.496 e. The minimum atomic E-state index is -0.405. The van der Waals surface area contributed by atoms with Crippen LogP contribution in [-0.2, 0) is 11.8 Å². The van der Waals surface area contributed by atoms with Crippen molar-refractivity contribution in [2.24, 2.45) is 13.0 Å². The Morgan fingerprint density at radius 3 is 2.61 bits per heavy atom. The van der Waals surface area contributed by atoms with E-state index in [9.17, 15) is 14.4 Å². The fraction of sp³-hybridized carbons (Fsp3) is 0.400. The van der Waals surface area contributed by atoms with Gasteiger partial charge in [0.2, 0.25) is 5.91 Å². The summed E-state index contributed by atoms with van der Waals surface area (Å²) in [4.78, 5) is 45.1. The van der Waals surface area contributed by atoms with Gasteiger partial charge < -0.3 is 30.7 Å². The highest BCUT2D eigenvalue weighted by molar-refractivity contribution is 6.10. The molecule has 1 aliphatic carbocycles. The highest BCUT2D eigenvalue weighted by Gasteiger charge is 2.29. The van der Waals surface area contributed by atoms with Gasteiger partial charge in [-0.1, -0.05) is 31.4 Å². The predicted octanol–water partition coefficient (Wildman–Crippen LogP) is 5.95. The maximum atomic E-state index is 12.5. The number of likely N-dealkylation sites (tertiary alicyclic amines) is 1. The molecule has 0 spiro atoms. The number of hydrogen-bond donors (Lipinski definition) is 4. The van der Waals surface area contributed by atoms with Crippen molar-refractivity contribution in [3.05, 3.63) is 77.7 Å². The number of amides is 4. The van der Waals surface area contributed by atoms with Gasteiger partial charge >= 0.3 is 6.03 Å². The number of fused-ring (bicyclic) bond motifs is 2. The Morgan fingerprint density at radius 2 is 1.87 bits per heavy atom. The zero-order valence-corrected chi connectivity index (χ0v) is 30.9. The number of anilines is 3. The number of aryl methyl sites for hydroxylation is 1. The van der Waals surface area contributed by atoms with Gasteiger partial charge in [0.25, 0.3) is 5.91 Å². The van der Waals surface area contributed by atoms with Crippen LogP contribution in [0.4, 0.5) is 22.0 Å². The number of carbonyl (C=O) groups is 3. The summed E-state index contributed by atoms with van der Waals surface area (Å²) in [6.07, 6.45) is 16.3.